The van der Waals surface area contributed by atoms with Crippen molar-refractivity contribution in [3.05, 3.63) is 20.8 Å². The van der Waals surface area contributed by atoms with Gasteiger partial charge in [-0.1, -0.05) is 0 Å². The van der Waals surface area contributed by atoms with E-state index in [0.717, 1.165) is 4.47 Å². The van der Waals surface area contributed by atoms with Crippen molar-refractivity contribution < 1.29 is 18.9 Å². The maximum absolute atomic E-state index is 5.48. The molecule has 18 heavy (non-hydrogen) atoms. The van der Waals surface area contributed by atoms with E-state index in [9.17, 15) is 0 Å². The van der Waals surface area contributed by atoms with Gasteiger partial charge in [-0.25, -0.2) is 0 Å². The zero-order valence-electron chi connectivity index (χ0n) is 10.5. The van der Waals surface area contributed by atoms with Crippen LogP contribution in [-0.4, -0.2) is 46.8 Å². The minimum Gasteiger partial charge on any atom is -0.382 e. The summed E-state index contributed by atoms with van der Waals surface area (Å²) in [6.45, 7) is 4.28. The quantitative estimate of drug-likeness (QED) is 0.581. The molecule has 0 aliphatic carbocycles. The lowest BCUT2D eigenvalue weighted by Gasteiger charge is -2.06. The van der Waals surface area contributed by atoms with Gasteiger partial charge in [0.1, 0.15) is 0 Å². The molecule has 1 aromatic heterocycles. The molecule has 0 bridgehead atoms. The Kier molecular flexibility index (Phi) is 9.73. The smallest absolute Gasteiger partial charge is 0.0810 e. The molecule has 6 heteroatoms. The first-order chi connectivity index (χ1) is 8.83. The highest BCUT2D eigenvalue weighted by molar-refractivity contribution is 9.10. The molecule has 0 aliphatic rings. The van der Waals surface area contributed by atoms with Gasteiger partial charge < -0.3 is 18.9 Å². The molecule has 0 spiro atoms. The number of hydrogen-bond acceptors (Lipinski definition) is 5. The van der Waals surface area contributed by atoms with Gasteiger partial charge in [0.05, 0.1) is 46.2 Å². The van der Waals surface area contributed by atoms with Crippen LogP contribution in [0.25, 0.3) is 0 Å². The fourth-order valence-corrected chi connectivity index (χ4v) is 2.57. The second-order valence-electron chi connectivity index (χ2n) is 3.50. The zero-order chi connectivity index (χ0) is 13.1. The van der Waals surface area contributed by atoms with E-state index < -0.39 is 0 Å². The molecule has 0 aromatic carbocycles. The lowest BCUT2D eigenvalue weighted by Crippen LogP contribution is -2.11. The maximum Gasteiger partial charge on any atom is 0.0810 e. The summed E-state index contributed by atoms with van der Waals surface area (Å²) in [5.74, 6) is 0. The molecule has 1 aromatic rings. The van der Waals surface area contributed by atoms with Crippen LogP contribution in [0, 0.1) is 0 Å². The van der Waals surface area contributed by atoms with Gasteiger partial charge in [0, 0.05) is 21.8 Å². The van der Waals surface area contributed by atoms with Crippen LogP contribution in [0.3, 0.4) is 0 Å². The van der Waals surface area contributed by atoms with Crippen LogP contribution in [-0.2, 0) is 25.6 Å². The average Bonchev–Trinajstić information content (AvgIpc) is 2.77. The summed E-state index contributed by atoms with van der Waals surface area (Å²) in [6, 6.07) is 2.06. The van der Waals surface area contributed by atoms with Crippen molar-refractivity contribution in [1.29, 1.82) is 0 Å². The Morgan fingerprint density at radius 2 is 1.61 bits per heavy atom. The van der Waals surface area contributed by atoms with Crippen LogP contribution < -0.4 is 0 Å². The maximum atomic E-state index is 5.48. The molecular formula is C12H19BrO4S. The Hall–Kier alpha value is 0.0200. The molecule has 0 atom stereocenters. The molecule has 0 radical (unpaired) electrons. The second-order valence-corrected chi connectivity index (χ2v) is 5.41. The molecular weight excluding hydrogens is 320 g/mol. The summed E-state index contributed by atoms with van der Waals surface area (Å²) in [4.78, 5) is 1.21. The van der Waals surface area contributed by atoms with Crippen molar-refractivity contribution in [1.82, 2.24) is 0 Å². The van der Waals surface area contributed by atoms with E-state index in [0.29, 0.717) is 46.2 Å². The number of halogens is 1. The summed E-state index contributed by atoms with van der Waals surface area (Å²) in [6.07, 6.45) is 0. The van der Waals surface area contributed by atoms with Crippen molar-refractivity contribution in [2.24, 2.45) is 0 Å². The Labute approximate surface area is 120 Å². The number of hydrogen-bond donors (Lipinski definition) is 0. The third kappa shape index (κ3) is 8.18. The summed E-state index contributed by atoms with van der Waals surface area (Å²) in [7, 11) is 1.66. The highest BCUT2D eigenvalue weighted by Crippen LogP contribution is 2.20. The standard InChI is InChI=1S/C12H19BrO4S/c1-14-2-3-15-4-5-16-6-7-17-9-12-8-11(13)10-18-12/h8,10H,2-7,9H2,1H3. The lowest BCUT2D eigenvalue weighted by molar-refractivity contribution is 0.00120. The van der Waals surface area contributed by atoms with E-state index in [1.54, 1.807) is 18.4 Å². The Morgan fingerprint density at radius 3 is 2.17 bits per heavy atom. The Morgan fingerprint density at radius 1 is 1.00 bits per heavy atom. The number of rotatable bonds is 11. The third-order valence-electron chi connectivity index (χ3n) is 2.04. The zero-order valence-corrected chi connectivity index (χ0v) is 12.9. The van der Waals surface area contributed by atoms with E-state index in [4.69, 9.17) is 18.9 Å². The topological polar surface area (TPSA) is 36.9 Å². The van der Waals surface area contributed by atoms with Gasteiger partial charge in [-0.15, -0.1) is 11.3 Å². The van der Waals surface area contributed by atoms with Gasteiger partial charge in [0.15, 0.2) is 0 Å². The first-order valence-electron chi connectivity index (χ1n) is 5.78. The van der Waals surface area contributed by atoms with E-state index in [1.807, 2.05) is 5.38 Å². The SMILES string of the molecule is COCCOCCOCCOCc1cc(Br)cs1. The summed E-state index contributed by atoms with van der Waals surface area (Å²) in [5, 5.41) is 2.05. The van der Waals surface area contributed by atoms with Gasteiger partial charge in [-0.3, -0.25) is 0 Å². The van der Waals surface area contributed by atoms with Gasteiger partial charge in [0.2, 0.25) is 0 Å². The predicted octanol–water partition coefficient (Wildman–Crippen LogP) is 2.71. The van der Waals surface area contributed by atoms with Crippen LogP contribution in [0.4, 0.5) is 0 Å². The number of ether oxygens (including phenoxy) is 4. The molecule has 4 nitrogen and oxygen atoms in total. The van der Waals surface area contributed by atoms with Crippen molar-refractivity contribution in [3.8, 4) is 0 Å². The van der Waals surface area contributed by atoms with E-state index in [2.05, 4.69) is 22.0 Å². The monoisotopic (exact) mass is 338 g/mol. The molecule has 0 unspecified atom stereocenters. The van der Waals surface area contributed by atoms with Crippen molar-refractivity contribution >= 4 is 27.3 Å². The average molecular weight is 339 g/mol. The molecule has 0 amide bonds. The molecule has 1 rings (SSSR count). The van der Waals surface area contributed by atoms with E-state index in [-0.39, 0.29) is 0 Å². The summed E-state index contributed by atoms with van der Waals surface area (Å²) >= 11 is 5.09. The van der Waals surface area contributed by atoms with Gasteiger partial charge in [-0.2, -0.15) is 0 Å². The van der Waals surface area contributed by atoms with Crippen molar-refractivity contribution in [3.63, 3.8) is 0 Å². The van der Waals surface area contributed by atoms with Gasteiger partial charge >= 0.3 is 0 Å². The minimum absolute atomic E-state index is 0.595. The Balaban J connectivity index is 1.81. The van der Waals surface area contributed by atoms with Gasteiger partial charge in [-0.05, 0) is 22.0 Å². The first-order valence-corrected chi connectivity index (χ1v) is 7.45. The number of methoxy groups -OCH3 is 1. The van der Waals surface area contributed by atoms with Crippen LogP contribution in [0.15, 0.2) is 15.9 Å². The fourth-order valence-electron chi connectivity index (χ4n) is 1.18. The minimum atomic E-state index is 0.595. The van der Waals surface area contributed by atoms with Crippen LogP contribution in [0.5, 0.6) is 0 Å². The van der Waals surface area contributed by atoms with E-state index in [1.165, 1.54) is 4.88 Å². The highest BCUT2D eigenvalue weighted by atomic mass is 79.9. The summed E-state index contributed by atoms with van der Waals surface area (Å²) < 4.78 is 22.1. The van der Waals surface area contributed by atoms with Crippen LogP contribution in [0.1, 0.15) is 4.88 Å². The molecule has 0 saturated carbocycles. The third-order valence-corrected chi connectivity index (χ3v) is 3.71. The normalized spacial score (nSPS) is 11.0. The Bertz CT molecular complexity index is 306. The van der Waals surface area contributed by atoms with E-state index >= 15 is 0 Å². The second kappa shape index (κ2) is 10.9. The highest BCUT2D eigenvalue weighted by Gasteiger charge is 1.97. The molecule has 104 valence electrons. The largest absolute Gasteiger partial charge is 0.382 e. The first kappa shape index (κ1) is 16.1. The molecule has 0 saturated heterocycles. The van der Waals surface area contributed by atoms with Crippen LogP contribution >= 0.6 is 27.3 Å². The predicted molar refractivity (Wildman–Crippen MR) is 75.2 cm³/mol. The summed E-state index contributed by atoms with van der Waals surface area (Å²) in [5.41, 5.74) is 0. The molecule has 0 fully saturated rings. The fraction of sp³-hybridized carbons (Fsp3) is 0.667. The van der Waals surface area contributed by atoms with Crippen LogP contribution in [0.2, 0.25) is 0 Å². The molecule has 1 heterocycles. The molecule has 0 aliphatic heterocycles. The molecule has 0 N–H and O–H groups in total. The lowest BCUT2D eigenvalue weighted by atomic mass is 10.5. The number of thiophene rings is 1. The van der Waals surface area contributed by atoms with Crippen molar-refractivity contribution in [2.75, 3.05) is 46.8 Å². The van der Waals surface area contributed by atoms with Crippen molar-refractivity contribution in [2.45, 2.75) is 6.61 Å². The van der Waals surface area contributed by atoms with Gasteiger partial charge in [0.25, 0.3) is 0 Å².